The lowest BCUT2D eigenvalue weighted by Crippen LogP contribution is -2.10. The topological polar surface area (TPSA) is 84.2 Å². The van der Waals surface area contributed by atoms with E-state index in [1.165, 1.54) is 6.08 Å². The van der Waals surface area contributed by atoms with Crippen molar-refractivity contribution in [3.05, 3.63) is 126 Å². The van der Waals surface area contributed by atoms with Gasteiger partial charge in [0, 0.05) is 23.5 Å². The molecule has 1 heterocycles. The lowest BCUT2D eigenvalue weighted by atomic mass is 10.1. The van der Waals surface area contributed by atoms with Gasteiger partial charge in [-0.3, -0.25) is 9.78 Å². The minimum Gasteiger partial charge on any atom is -0.489 e. The standard InChI is InChI=1S/C30H25N3O3/c31-19-18-24-10-15-27(16-11-24)35-21-25-5-1-2-7-29(25)33-30(34)17-12-23-8-13-28(14-9-23)36-22-26-6-3-4-20-32-26/h1-17,20H,18,21-22H2,(H,33,34). The number of carbonyl (C=O) groups is 1. The molecule has 3 aromatic carbocycles. The number of benzene rings is 3. The van der Waals surface area contributed by atoms with E-state index in [0.717, 1.165) is 28.1 Å². The van der Waals surface area contributed by atoms with Crippen LogP contribution in [0.25, 0.3) is 6.08 Å². The van der Waals surface area contributed by atoms with Gasteiger partial charge in [0.15, 0.2) is 0 Å². The van der Waals surface area contributed by atoms with Crippen LogP contribution in [0.1, 0.15) is 22.4 Å². The number of nitrogens with zero attached hydrogens (tertiary/aromatic N) is 2. The highest BCUT2D eigenvalue weighted by molar-refractivity contribution is 6.02. The summed E-state index contributed by atoms with van der Waals surface area (Å²) in [6, 6.07) is 30.3. The van der Waals surface area contributed by atoms with Gasteiger partial charge in [0.05, 0.1) is 18.2 Å². The molecular formula is C30H25N3O3. The maximum Gasteiger partial charge on any atom is 0.248 e. The molecule has 178 valence electrons. The van der Waals surface area contributed by atoms with Crippen LogP contribution in [0, 0.1) is 11.3 Å². The lowest BCUT2D eigenvalue weighted by Gasteiger charge is -2.11. The maximum absolute atomic E-state index is 12.5. The molecule has 1 amide bonds. The Kier molecular flexibility index (Phi) is 8.44. The van der Waals surface area contributed by atoms with Gasteiger partial charge in [-0.1, -0.05) is 48.5 Å². The second kappa shape index (κ2) is 12.5. The summed E-state index contributed by atoms with van der Waals surface area (Å²) >= 11 is 0. The molecular weight excluding hydrogens is 450 g/mol. The average Bonchev–Trinajstić information content (AvgIpc) is 2.92. The molecule has 4 rings (SSSR count). The molecule has 4 aromatic rings. The first-order valence-electron chi connectivity index (χ1n) is 11.5. The van der Waals surface area contributed by atoms with Crippen LogP contribution in [0.15, 0.2) is 103 Å². The van der Waals surface area contributed by atoms with Crippen LogP contribution < -0.4 is 14.8 Å². The molecule has 1 N–H and O–H groups in total. The summed E-state index contributed by atoms with van der Waals surface area (Å²) in [5.41, 5.74) is 4.22. The SMILES string of the molecule is N#CCc1ccc(OCc2ccccc2NC(=O)C=Cc2ccc(OCc3ccccn3)cc2)cc1. The van der Waals surface area contributed by atoms with E-state index in [-0.39, 0.29) is 5.91 Å². The third kappa shape index (κ3) is 7.31. The van der Waals surface area contributed by atoms with Gasteiger partial charge in [-0.25, -0.2) is 0 Å². The maximum atomic E-state index is 12.5. The molecule has 0 saturated heterocycles. The fourth-order valence-corrected chi connectivity index (χ4v) is 3.39. The average molecular weight is 476 g/mol. The highest BCUT2D eigenvalue weighted by Crippen LogP contribution is 2.20. The first-order valence-corrected chi connectivity index (χ1v) is 11.5. The van der Waals surface area contributed by atoms with E-state index in [4.69, 9.17) is 14.7 Å². The van der Waals surface area contributed by atoms with Crippen molar-refractivity contribution in [2.75, 3.05) is 5.32 Å². The van der Waals surface area contributed by atoms with Gasteiger partial charge in [-0.15, -0.1) is 0 Å². The summed E-state index contributed by atoms with van der Waals surface area (Å²) in [5.74, 6) is 1.19. The number of anilines is 1. The molecule has 6 heteroatoms. The van der Waals surface area contributed by atoms with Gasteiger partial charge < -0.3 is 14.8 Å². The van der Waals surface area contributed by atoms with Gasteiger partial charge >= 0.3 is 0 Å². The van der Waals surface area contributed by atoms with Crippen molar-refractivity contribution in [3.63, 3.8) is 0 Å². The Bertz CT molecular complexity index is 1340. The Labute approximate surface area is 210 Å². The Morgan fingerprint density at radius 3 is 2.28 bits per heavy atom. The minimum atomic E-state index is -0.237. The van der Waals surface area contributed by atoms with Crippen molar-refractivity contribution in [2.45, 2.75) is 19.6 Å². The van der Waals surface area contributed by atoms with Crippen molar-refractivity contribution in [1.82, 2.24) is 4.98 Å². The molecule has 0 saturated carbocycles. The molecule has 0 aliphatic heterocycles. The molecule has 0 spiro atoms. The van der Waals surface area contributed by atoms with Crippen LogP contribution in [0.5, 0.6) is 11.5 Å². The summed E-state index contributed by atoms with van der Waals surface area (Å²) in [4.78, 5) is 16.8. The van der Waals surface area contributed by atoms with Crippen molar-refractivity contribution >= 4 is 17.7 Å². The van der Waals surface area contributed by atoms with E-state index >= 15 is 0 Å². The van der Waals surface area contributed by atoms with Crippen LogP contribution in [-0.4, -0.2) is 10.9 Å². The Morgan fingerprint density at radius 1 is 0.861 bits per heavy atom. The number of amides is 1. The second-order valence-corrected chi connectivity index (χ2v) is 7.93. The number of hydrogen-bond acceptors (Lipinski definition) is 5. The molecule has 0 bridgehead atoms. The number of pyridine rings is 1. The zero-order valence-corrected chi connectivity index (χ0v) is 19.6. The van der Waals surface area contributed by atoms with Crippen molar-refractivity contribution < 1.29 is 14.3 Å². The van der Waals surface area contributed by atoms with E-state index in [1.54, 1.807) is 12.3 Å². The Morgan fingerprint density at radius 2 is 1.56 bits per heavy atom. The van der Waals surface area contributed by atoms with Gasteiger partial charge in [0.1, 0.15) is 24.7 Å². The zero-order chi connectivity index (χ0) is 25.0. The summed E-state index contributed by atoms with van der Waals surface area (Å²) < 4.78 is 11.6. The van der Waals surface area contributed by atoms with Crippen LogP contribution in [0.4, 0.5) is 5.69 Å². The third-order valence-corrected chi connectivity index (χ3v) is 5.30. The summed E-state index contributed by atoms with van der Waals surface area (Å²) in [6.07, 6.45) is 5.35. The second-order valence-electron chi connectivity index (χ2n) is 7.93. The fourth-order valence-electron chi connectivity index (χ4n) is 3.39. The lowest BCUT2D eigenvalue weighted by molar-refractivity contribution is -0.111. The van der Waals surface area contributed by atoms with Crippen LogP contribution in [-0.2, 0) is 24.4 Å². The third-order valence-electron chi connectivity index (χ3n) is 5.30. The first-order chi connectivity index (χ1) is 17.7. The van der Waals surface area contributed by atoms with E-state index in [0.29, 0.717) is 31.1 Å². The van der Waals surface area contributed by atoms with E-state index < -0.39 is 0 Å². The van der Waals surface area contributed by atoms with Crippen LogP contribution >= 0.6 is 0 Å². The molecule has 0 aliphatic rings. The van der Waals surface area contributed by atoms with Gasteiger partial charge in [0.2, 0.25) is 5.91 Å². The van der Waals surface area contributed by atoms with Crippen molar-refractivity contribution in [1.29, 1.82) is 5.26 Å². The van der Waals surface area contributed by atoms with E-state index in [9.17, 15) is 4.79 Å². The van der Waals surface area contributed by atoms with Crippen LogP contribution in [0.3, 0.4) is 0 Å². The molecule has 0 unspecified atom stereocenters. The van der Waals surface area contributed by atoms with Crippen molar-refractivity contribution in [2.24, 2.45) is 0 Å². The molecule has 0 radical (unpaired) electrons. The number of ether oxygens (including phenoxy) is 2. The largest absolute Gasteiger partial charge is 0.489 e. The highest BCUT2D eigenvalue weighted by atomic mass is 16.5. The number of nitrogens with one attached hydrogen (secondary N) is 1. The monoisotopic (exact) mass is 475 g/mol. The van der Waals surface area contributed by atoms with Gasteiger partial charge in [-0.2, -0.15) is 5.26 Å². The highest BCUT2D eigenvalue weighted by Gasteiger charge is 2.06. The van der Waals surface area contributed by atoms with Crippen molar-refractivity contribution in [3.8, 4) is 17.6 Å². The molecule has 0 fully saturated rings. The number of hydrogen-bond donors (Lipinski definition) is 1. The molecule has 6 nitrogen and oxygen atoms in total. The molecule has 1 aromatic heterocycles. The normalized spacial score (nSPS) is 10.5. The molecule has 0 aliphatic carbocycles. The number of para-hydroxylation sites is 1. The first kappa shape index (κ1) is 24.2. The minimum absolute atomic E-state index is 0.237. The number of nitriles is 1. The summed E-state index contributed by atoms with van der Waals surface area (Å²) in [6.45, 7) is 0.700. The van der Waals surface area contributed by atoms with Crippen LogP contribution in [0.2, 0.25) is 0 Å². The van der Waals surface area contributed by atoms with Gasteiger partial charge in [-0.05, 0) is 59.7 Å². The van der Waals surface area contributed by atoms with E-state index in [2.05, 4.69) is 16.4 Å². The zero-order valence-electron chi connectivity index (χ0n) is 19.6. The summed E-state index contributed by atoms with van der Waals surface area (Å²) in [7, 11) is 0. The summed E-state index contributed by atoms with van der Waals surface area (Å²) in [5, 5.41) is 11.7. The Balaban J connectivity index is 1.30. The Hall–Kier alpha value is -4.89. The smallest absolute Gasteiger partial charge is 0.248 e. The molecule has 0 atom stereocenters. The quantitative estimate of drug-likeness (QED) is 0.286. The predicted octanol–water partition coefficient (Wildman–Crippen LogP) is 5.96. The number of aromatic nitrogens is 1. The number of rotatable bonds is 10. The fraction of sp³-hybridized carbons (Fsp3) is 0.100. The number of carbonyl (C=O) groups excluding carboxylic acids is 1. The predicted molar refractivity (Wildman–Crippen MR) is 139 cm³/mol. The molecule has 36 heavy (non-hydrogen) atoms. The van der Waals surface area contributed by atoms with Gasteiger partial charge in [0.25, 0.3) is 0 Å². The van der Waals surface area contributed by atoms with E-state index in [1.807, 2.05) is 91.0 Å².